The highest BCUT2D eigenvalue weighted by Gasteiger charge is 2.41. The van der Waals surface area contributed by atoms with Crippen molar-refractivity contribution in [2.75, 3.05) is 16.0 Å². The van der Waals surface area contributed by atoms with Crippen LogP contribution in [0.4, 0.5) is 0 Å². The van der Waals surface area contributed by atoms with Crippen LogP contribution in [-0.2, 0) is 28.6 Å². The van der Waals surface area contributed by atoms with Gasteiger partial charge >= 0.3 is 23.9 Å². The monoisotopic (exact) mass is 452 g/mol. The summed E-state index contributed by atoms with van der Waals surface area (Å²) in [4.78, 5) is 33.8. The highest BCUT2D eigenvalue weighted by molar-refractivity contribution is 9.09. The van der Waals surface area contributed by atoms with Crippen LogP contribution in [0.3, 0.4) is 0 Å². The van der Waals surface area contributed by atoms with Crippen LogP contribution in [0.1, 0.15) is 13.3 Å². The Morgan fingerprint density at radius 3 is 1.28 bits per heavy atom. The van der Waals surface area contributed by atoms with Crippen molar-refractivity contribution in [3.05, 3.63) is 0 Å². The first-order valence-corrected chi connectivity index (χ1v) is 8.12. The van der Waals surface area contributed by atoms with Crippen molar-refractivity contribution in [2.24, 2.45) is 0 Å². The van der Waals surface area contributed by atoms with Gasteiger partial charge in [0.15, 0.2) is 0 Å². The number of rotatable bonds is 7. The van der Waals surface area contributed by atoms with E-state index in [-0.39, 0.29) is 22.4 Å². The van der Waals surface area contributed by atoms with Crippen molar-refractivity contribution in [2.45, 2.75) is 19.3 Å². The molecule has 9 heteroatoms. The summed E-state index contributed by atoms with van der Waals surface area (Å²) < 4.78 is 14.6. The Morgan fingerprint density at radius 1 is 0.833 bits per heavy atom. The van der Waals surface area contributed by atoms with E-state index >= 15 is 0 Å². The van der Waals surface area contributed by atoms with E-state index in [0.29, 0.717) is 0 Å². The predicted molar refractivity (Wildman–Crippen MR) is 72.7 cm³/mol. The van der Waals surface area contributed by atoms with Gasteiger partial charge in [-0.1, -0.05) is 54.7 Å². The number of carbonyl (C=O) groups excluding carboxylic acids is 3. The second-order valence-corrected chi connectivity index (χ2v) is 4.54. The number of carbonyl (C=O) groups is 3. The normalized spacial score (nSPS) is 10.7. The SMILES string of the molecule is CCC(OC(=O)CBr)(OC(=O)CBr)OC(=O)CBr. The van der Waals surface area contributed by atoms with Crippen molar-refractivity contribution in [1.29, 1.82) is 0 Å². The minimum absolute atomic E-state index is 0.0246. The molecular formula is C9H11Br3O6. The van der Waals surface area contributed by atoms with Crippen LogP contribution < -0.4 is 0 Å². The molecule has 0 aliphatic heterocycles. The van der Waals surface area contributed by atoms with Crippen molar-refractivity contribution < 1.29 is 28.6 Å². The first kappa shape index (κ1) is 17.8. The maximum Gasteiger partial charge on any atom is 0.423 e. The zero-order valence-electron chi connectivity index (χ0n) is 9.41. The maximum absolute atomic E-state index is 11.3. The lowest BCUT2D eigenvalue weighted by Gasteiger charge is -2.29. The summed E-state index contributed by atoms with van der Waals surface area (Å²) in [6.07, 6.45) is -0.0246. The van der Waals surface area contributed by atoms with E-state index in [1.165, 1.54) is 0 Å². The molecule has 0 heterocycles. The minimum Gasteiger partial charge on any atom is -0.387 e. The van der Waals surface area contributed by atoms with Crippen LogP contribution in [0.15, 0.2) is 0 Å². The highest BCUT2D eigenvalue weighted by Crippen LogP contribution is 2.22. The van der Waals surface area contributed by atoms with Crippen LogP contribution in [0.5, 0.6) is 0 Å². The molecule has 0 unspecified atom stereocenters. The molecule has 0 N–H and O–H groups in total. The topological polar surface area (TPSA) is 78.9 Å². The standard InChI is InChI=1S/C9H11Br3O6/c1-2-9(16-6(13)3-10,17-7(14)4-11)18-8(15)5-12/h2-5H2,1H3. The van der Waals surface area contributed by atoms with Crippen molar-refractivity contribution >= 4 is 65.7 Å². The molecule has 0 radical (unpaired) electrons. The first-order valence-electron chi connectivity index (χ1n) is 4.76. The molecule has 0 spiro atoms. The zero-order valence-corrected chi connectivity index (χ0v) is 14.2. The van der Waals surface area contributed by atoms with Gasteiger partial charge in [-0.25, -0.2) is 0 Å². The van der Waals surface area contributed by atoms with Gasteiger partial charge in [0, 0.05) is 0 Å². The molecule has 0 aliphatic carbocycles. The molecular weight excluding hydrogens is 444 g/mol. The molecule has 0 aromatic carbocycles. The fraction of sp³-hybridized carbons (Fsp3) is 0.667. The van der Waals surface area contributed by atoms with Gasteiger partial charge in [0.05, 0.1) is 6.42 Å². The van der Waals surface area contributed by atoms with Crippen molar-refractivity contribution in [3.8, 4) is 0 Å². The van der Waals surface area contributed by atoms with Crippen LogP contribution in [0.25, 0.3) is 0 Å². The number of esters is 3. The summed E-state index contributed by atoms with van der Waals surface area (Å²) in [5, 5.41) is -0.356. The minimum atomic E-state index is -2.03. The van der Waals surface area contributed by atoms with Gasteiger partial charge in [-0.3, -0.25) is 14.4 Å². The van der Waals surface area contributed by atoms with Crippen LogP contribution in [-0.4, -0.2) is 39.9 Å². The number of halogens is 3. The second kappa shape index (κ2) is 8.87. The Labute approximate surface area is 129 Å². The van der Waals surface area contributed by atoms with E-state index in [9.17, 15) is 14.4 Å². The van der Waals surface area contributed by atoms with Crippen molar-refractivity contribution in [3.63, 3.8) is 0 Å². The Morgan fingerprint density at radius 2 is 1.11 bits per heavy atom. The molecule has 0 atom stereocenters. The summed E-state index contributed by atoms with van der Waals surface area (Å²) in [5.74, 6) is -4.19. The van der Waals surface area contributed by atoms with Gasteiger partial charge in [-0.15, -0.1) is 0 Å². The zero-order chi connectivity index (χ0) is 14.2. The number of hydrogen-bond donors (Lipinski definition) is 0. The average molecular weight is 455 g/mol. The maximum atomic E-state index is 11.3. The molecule has 6 nitrogen and oxygen atoms in total. The van der Waals surface area contributed by atoms with E-state index in [1.54, 1.807) is 6.92 Å². The molecule has 0 fully saturated rings. The van der Waals surface area contributed by atoms with Gasteiger partial charge in [0.2, 0.25) is 0 Å². The molecule has 0 amide bonds. The van der Waals surface area contributed by atoms with Crippen LogP contribution in [0, 0.1) is 0 Å². The van der Waals surface area contributed by atoms with Gasteiger partial charge in [-0.2, -0.15) is 0 Å². The lowest BCUT2D eigenvalue weighted by molar-refractivity contribution is -0.328. The number of ether oxygens (including phenoxy) is 3. The number of hydrogen-bond acceptors (Lipinski definition) is 6. The second-order valence-electron chi connectivity index (χ2n) is 2.86. The predicted octanol–water partition coefficient (Wildman–Crippen LogP) is 1.86. The first-order chi connectivity index (χ1) is 8.42. The van der Waals surface area contributed by atoms with Crippen LogP contribution in [0.2, 0.25) is 0 Å². The third-order valence-electron chi connectivity index (χ3n) is 1.57. The Bertz CT molecular complexity index is 274. The quantitative estimate of drug-likeness (QED) is 0.332. The fourth-order valence-corrected chi connectivity index (χ4v) is 1.22. The molecule has 0 saturated carbocycles. The van der Waals surface area contributed by atoms with Gasteiger partial charge in [0.25, 0.3) is 0 Å². The molecule has 0 bridgehead atoms. The lowest BCUT2D eigenvalue weighted by atomic mass is 10.4. The Balaban J connectivity index is 4.98. The fourth-order valence-electron chi connectivity index (χ4n) is 0.881. The van der Waals surface area contributed by atoms with Gasteiger partial charge in [-0.05, 0) is 0 Å². The molecule has 0 rings (SSSR count). The largest absolute Gasteiger partial charge is 0.423 e. The summed E-state index contributed by atoms with van der Waals surface area (Å²) in [6, 6.07) is 0. The van der Waals surface area contributed by atoms with E-state index < -0.39 is 23.9 Å². The summed E-state index contributed by atoms with van der Waals surface area (Å²) in [6.45, 7) is 1.55. The van der Waals surface area contributed by atoms with Gasteiger partial charge in [0.1, 0.15) is 16.0 Å². The smallest absolute Gasteiger partial charge is 0.387 e. The third kappa shape index (κ3) is 6.14. The summed E-state index contributed by atoms with van der Waals surface area (Å²) in [7, 11) is 0. The third-order valence-corrected chi connectivity index (χ3v) is 2.94. The van der Waals surface area contributed by atoms with Crippen molar-refractivity contribution in [1.82, 2.24) is 0 Å². The molecule has 0 aromatic rings. The summed E-state index contributed by atoms with van der Waals surface area (Å²) >= 11 is 8.67. The van der Waals surface area contributed by atoms with E-state index in [0.717, 1.165) is 0 Å². The van der Waals surface area contributed by atoms with E-state index in [2.05, 4.69) is 47.8 Å². The molecule has 104 valence electrons. The summed E-state index contributed by atoms with van der Waals surface area (Å²) in [5.41, 5.74) is 0. The van der Waals surface area contributed by atoms with E-state index in [4.69, 9.17) is 14.2 Å². The van der Waals surface area contributed by atoms with Crippen LogP contribution >= 0.6 is 47.8 Å². The van der Waals surface area contributed by atoms with E-state index in [1.807, 2.05) is 0 Å². The Kier molecular flexibility index (Phi) is 8.79. The number of alkyl halides is 3. The Hall–Kier alpha value is -0.150. The molecule has 0 aromatic heterocycles. The highest BCUT2D eigenvalue weighted by atomic mass is 79.9. The lowest BCUT2D eigenvalue weighted by Crippen LogP contribution is -2.44. The molecule has 0 aliphatic rings. The molecule has 18 heavy (non-hydrogen) atoms. The average Bonchev–Trinajstić information content (AvgIpc) is 2.37. The van der Waals surface area contributed by atoms with Gasteiger partial charge < -0.3 is 14.2 Å². The molecule has 0 saturated heterocycles.